The molecule has 0 radical (unpaired) electrons. The first-order valence-electron chi connectivity index (χ1n) is 6.59. The maximum absolute atomic E-state index is 11.7. The molecule has 106 valence electrons. The zero-order chi connectivity index (χ0) is 14.5. The zero-order valence-electron chi connectivity index (χ0n) is 11.9. The first kappa shape index (κ1) is 16.0. The Kier molecular flexibility index (Phi) is 5.83. The lowest BCUT2D eigenvalue weighted by Crippen LogP contribution is -2.37. The second-order valence-corrected chi connectivity index (χ2v) is 6.12. The van der Waals surface area contributed by atoms with Crippen molar-refractivity contribution in [3.05, 3.63) is 34.9 Å². The van der Waals surface area contributed by atoms with E-state index in [2.05, 4.69) is 19.2 Å². The highest BCUT2D eigenvalue weighted by Gasteiger charge is 2.21. The smallest absolute Gasteiger partial charge is 0.220 e. The molecule has 19 heavy (non-hydrogen) atoms. The van der Waals surface area contributed by atoms with Crippen LogP contribution in [0.5, 0.6) is 0 Å². The number of amides is 1. The number of hydrogen-bond acceptors (Lipinski definition) is 2. The highest BCUT2D eigenvalue weighted by atomic mass is 35.5. The summed E-state index contributed by atoms with van der Waals surface area (Å²) < 4.78 is 0. The average Bonchev–Trinajstić information content (AvgIpc) is 2.34. The number of nitrogens with two attached hydrogens (primary N) is 1. The van der Waals surface area contributed by atoms with E-state index in [1.54, 1.807) is 0 Å². The Morgan fingerprint density at radius 3 is 2.74 bits per heavy atom. The van der Waals surface area contributed by atoms with Gasteiger partial charge in [0.05, 0.1) is 0 Å². The van der Waals surface area contributed by atoms with Crippen LogP contribution in [-0.4, -0.2) is 18.5 Å². The topological polar surface area (TPSA) is 55.1 Å². The van der Waals surface area contributed by atoms with Crippen molar-refractivity contribution in [3.63, 3.8) is 0 Å². The molecule has 0 fully saturated rings. The van der Waals surface area contributed by atoms with Gasteiger partial charge in [-0.3, -0.25) is 4.79 Å². The molecule has 0 aliphatic carbocycles. The summed E-state index contributed by atoms with van der Waals surface area (Å²) in [5.41, 5.74) is 6.61. The highest BCUT2D eigenvalue weighted by Crippen LogP contribution is 2.24. The first-order chi connectivity index (χ1) is 8.81. The number of carbonyl (C=O) groups is 1. The maximum Gasteiger partial charge on any atom is 0.220 e. The van der Waals surface area contributed by atoms with E-state index in [4.69, 9.17) is 17.3 Å². The van der Waals surface area contributed by atoms with Crippen molar-refractivity contribution < 1.29 is 4.79 Å². The Morgan fingerprint density at radius 2 is 2.16 bits per heavy atom. The van der Waals surface area contributed by atoms with Crippen molar-refractivity contribution in [3.8, 4) is 0 Å². The van der Waals surface area contributed by atoms with Crippen molar-refractivity contribution in [1.29, 1.82) is 0 Å². The van der Waals surface area contributed by atoms with E-state index in [0.717, 1.165) is 5.56 Å². The minimum absolute atomic E-state index is 0.0485. The van der Waals surface area contributed by atoms with Gasteiger partial charge in [0.1, 0.15) is 0 Å². The van der Waals surface area contributed by atoms with Gasteiger partial charge in [-0.1, -0.05) is 37.6 Å². The van der Waals surface area contributed by atoms with Crippen LogP contribution < -0.4 is 11.1 Å². The van der Waals surface area contributed by atoms with Gasteiger partial charge >= 0.3 is 0 Å². The molecular weight excluding hydrogens is 260 g/mol. The van der Waals surface area contributed by atoms with Crippen LogP contribution in [0.3, 0.4) is 0 Å². The molecule has 0 spiro atoms. The second kappa shape index (κ2) is 6.92. The van der Waals surface area contributed by atoms with Gasteiger partial charge in [0.2, 0.25) is 5.91 Å². The quantitative estimate of drug-likeness (QED) is 0.843. The number of halogens is 1. The van der Waals surface area contributed by atoms with Gasteiger partial charge in [-0.15, -0.1) is 0 Å². The molecule has 0 bridgehead atoms. The lowest BCUT2D eigenvalue weighted by Gasteiger charge is -2.26. The second-order valence-electron chi connectivity index (χ2n) is 5.69. The minimum atomic E-state index is -0.144. The molecule has 0 heterocycles. The summed E-state index contributed by atoms with van der Waals surface area (Å²) in [4.78, 5) is 11.7. The van der Waals surface area contributed by atoms with E-state index in [1.165, 1.54) is 0 Å². The molecule has 0 saturated carbocycles. The monoisotopic (exact) mass is 282 g/mol. The van der Waals surface area contributed by atoms with Gasteiger partial charge < -0.3 is 11.1 Å². The maximum atomic E-state index is 11.7. The number of rotatable bonds is 6. The third-order valence-corrected chi connectivity index (χ3v) is 3.40. The van der Waals surface area contributed by atoms with Gasteiger partial charge in [-0.25, -0.2) is 0 Å². The third-order valence-electron chi connectivity index (χ3n) is 3.16. The molecule has 3 nitrogen and oxygen atoms in total. The minimum Gasteiger partial charge on any atom is -0.355 e. The average molecular weight is 283 g/mol. The van der Waals surface area contributed by atoms with Crippen molar-refractivity contribution in [2.75, 3.05) is 6.54 Å². The molecule has 0 aromatic heterocycles. The number of carbonyl (C=O) groups excluding carboxylic acids is 1. The lowest BCUT2D eigenvalue weighted by atomic mass is 9.84. The summed E-state index contributed by atoms with van der Waals surface area (Å²) in [5, 5.41) is 3.68. The van der Waals surface area contributed by atoms with Gasteiger partial charge in [-0.2, -0.15) is 0 Å². The molecule has 3 N–H and O–H groups in total. The van der Waals surface area contributed by atoms with Crippen LogP contribution in [0.4, 0.5) is 0 Å². The number of benzene rings is 1. The Morgan fingerprint density at radius 1 is 1.47 bits per heavy atom. The summed E-state index contributed by atoms with van der Waals surface area (Å²) in [5.74, 6) is 0.0485. The van der Waals surface area contributed by atoms with E-state index in [9.17, 15) is 4.79 Å². The SMILES string of the molecule is CC(N)CCC(=O)NCC(C)(C)c1cccc(Cl)c1. The third kappa shape index (κ3) is 5.62. The largest absolute Gasteiger partial charge is 0.355 e. The van der Waals surface area contributed by atoms with Crippen LogP contribution in [0.1, 0.15) is 39.2 Å². The van der Waals surface area contributed by atoms with Crippen LogP contribution in [-0.2, 0) is 10.2 Å². The summed E-state index contributed by atoms with van der Waals surface area (Å²) in [6.07, 6.45) is 1.19. The fourth-order valence-electron chi connectivity index (χ4n) is 1.78. The van der Waals surface area contributed by atoms with Crippen molar-refractivity contribution in [2.24, 2.45) is 5.73 Å². The molecule has 4 heteroatoms. The zero-order valence-corrected chi connectivity index (χ0v) is 12.6. The van der Waals surface area contributed by atoms with E-state index in [1.807, 2.05) is 31.2 Å². The Hall–Kier alpha value is -1.06. The van der Waals surface area contributed by atoms with Gasteiger partial charge in [0.25, 0.3) is 0 Å². The predicted molar refractivity (Wildman–Crippen MR) is 80.4 cm³/mol. The van der Waals surface area contributed by atoms with Crippen molar-refractivity contribution in [2.45, 2.75) is 45.1 Å². The highest BCUT2D eigenvalue weighted by molar-refractivity contribution is 6.30. The van der Waals surface area contributed by atoms with Crippen molar-refractivity contribution in [1.82, 2.24) is 5.32 Å². The van der Waals surface area contributed by atoms with Gasteiger partial charge in [-0.05, 0) is 31.0 Å². The molecule has 0 aliphatic heterocycles. The van der Waals surface area contributed by atoms with E-state index >= 15 is 0 Å². The Labute approximate surface area is 120 Å². The molecular formula is C15H23ClN2O. The van der Waals surface area contributed by atoms with Crippen LogP contribution >= 0.6 is 11.6 Å². The molecule has 1 atom stereocenters. The number of hydrogen-bond donors (Lipinski definition) is 2. The fraction of sp³-hybridized carbons (Fsp3) is 0.533. The summed E-state index contributed by atoms with van der Waals surface area (Å²) in [7, 11) is 0. The van der Waals surface area contributed by atoms with E-state index in [0.29, 0.717) is 24.4 Å². The van der Waals surface area contributed by atoms with Crippen LogP contribution in [0, 0.1) is 0 Å². The fourth-order valence-corrected chi connectivity index (χ4v) is 1.97. The standard InChI is InChI=1S/C15H23ClN2O/c1-11(17)7-8-14(19)18-10-15(2,3)12-5-4-6-13(16)9-12/h4-6,9,11H,7-8,10,17H2,1-3H3,(H,18,19). The molecule has 1 aromatic rings. The van der Waals surface area contributed by atoms with E-state index < -0.39 is 0 Å². The molecule has 1 unspecified atom stereocenters. The van der Waals surface area contributed by atoms with Crippen LogP contribution in [0.15, 0.2) is 24.3 Å². The van der Waals surface area contributed by atoms with Crippen LogP contribution in [0.2, 0.25) is 5.02 Å². The van der Waals surface area contributed by atoms with Crippen molar-refractivity contribution >= 4 is 17.5 Å². The lowest BCUT2D eigenvalue weighted by molar-refractivity contribution is -0.121. The normalized spacial score (nSPS) is 13.1. The molecule has 0 saturated heterocycles. The summed E-state index contributed by atoms with van der Waals surface area (Å²) in [6, 6.07) is 7.81. The first-order valence-corrected chi connectivity index (χ1v) is 6.97. The predicted octanol–water partition coefficient (Wildman–Crippen LogP) is 2.86. The number of nitrogens with one attached hydrogen (secondary N) is 1. The Bertz CT molecular complexity index is 430. The molecule has 1 amide bonds. The van der Waals surface area contributed by atoms with Gasteiger partial charge in [0, 0.05) is 29.4 Å². The molecule has 1 rings (SSSR count). The molecule has 0 aliphatic rings. The summed E-state index contributed by atoms with van der Waals surface area (Å²) >= 11 is 6.00. The molecule has 1 aromatic carbocycles. The summed E-state index contributed by atoms with van der Waals surface area (Å²) in [6.45, 7) is 6.67. The van der Waals surface area contributed by atoms with Gasteiger partial charge in [0.15, 0.2) is 0 Å². The Balaban J connectivity index is 2.53. The van der Waals surface area contributed by atoms with E-state index in [-0.39, 0.29) is 17.4 Å². The van der Waals surface area contributed by atoms with Crippen LogP contribution in [0.25, 0.3) is 0 Å².